The summed E-state index contributed by atoms with van der Waals surface area (Å²) in [6.07, 6.45) is 0.0189. The molecule has 106 valence electrons. The van der Waals surface area contributed by atoms with Gasteiger partial charge < -0.3 is 9.84 Å². The molecule has 1 heterocycles. The number of carboxylic acids is 1. The molecule has 0 bridgehead atoms. The quantitative estimate of drug-likeness (QED) is 0.652. The molecule has 0 aliphatic carbocycles. The average molecular weight is 296 g/mol. The Kier molecular flexibility index (Phi) is 4.86. The molecular formula is C13H13FN2O3S. The number of methoxy groups -OCH3 is 1. The number of aliphatic carboxylic acids is 1. The van der Waals surface area contributed by atoms with Gasteiger partial charge in [-0.25, -0.2) is 14.4 Å². The van der Waals surface area contributed by atoms with E-state index in [1.807, 2.05) is 0 Å². The Morgan fingerprint density at radius 1 is 1.45 bits per heavy atom. The van der Waals surface area contributed by atoms with E-state index in [-0.39, 0.29) is 18.8 Å². The lowest BCUT2D eigenvalue weighted by atomic mass is 10.2. The molecule has 0 spiro atoms. The Bertz CT molecular complexity index is 636. The number of aromatic nitrogens is 2. The number of halogens is 1. The van der Waals surface area contributed by atoms with E-state index >= 15 is 0 Å². The Hall–Kier alpha value is -1.73. The van der Waals surface area contributed by atoms with Gasteiger partial charge in [-0.05, 0) is 18.2 Å². The minimum atomic E-state index is -0.876. The van der Waals surface area contributed by atoms with E-state index in [1.54, 1.807) is 6.07 Å². The Balaban J connectivity index is 2.36. The van der Waals surface area contributed by atoms with Crippen LogP contribution in [0.1, 0.15) is 12.2 Å². The van der Waals surface area contributed by atoms with Crippen LogP contribution in [0, 0.1) is 5.82 Å². The van der Waals surface area contributed by atoms with Crippen molar-refractivity contribution in [1.82, 2.24) is 9.97 Å². The van der Waals surface area contributed by atoms with Gasteiger partial charge in [-0.15, -0.1) is 11.8 Å². The lowest BCUT2D eigenvalue weighted by Gasteiger charge is -2.07. The van der Waals surface area contributed by atoms with Crippen molar-refractivity contribution in [2.24, 2.45) is 0 Å². The summed E-state index contributed by atoms with van der Waals surface area (Å²) in [5, 5.41) is 9.82. The van der Waals surface area contributed by atoms with Crippen molar-refractivity contribution in [1.29, 1.82) is 0 Å². The smallest absolute Gasteiger partial charge is 0.304 e. The molecule has 0 saturated carbocycles. The fourth-order valence-corrected chi connectivity index (χ4v) is 2.62. The molecule has 1 aromatic carbocycles. The zero-order valence-corrected chi connectivity index (χ0v) is 11.6. The second-order valence-electron chi connectivity index (χ2n) is 4.03. The predicted octanol–water partition coefficient (Wildman–Crippen LogP) is 2.48. The lowest BCUT2D eigenvalue weighted by molar-refractivity contribution is -0.136. The van der Waals surface area contributed by atoms with Gasteiger partial charge in [0.1, 0.15) is 17.5 Å². The molecule has 0 amide bonds. The normalized spacial score (nSPS) is 10.9. The molecule has 0 saturated heterocycles. The summed E-state index contributed by atoms with van der Waals surface area (Å²) >= 11 is 1.27. The van der Waals surface area contributed by atoms with E-state index in [9.17, 15) is 9.18 Å². The largest absolute Gasteiger partial charge is 0.481 e. The first-order valence-electron chi connectivity index (χ1n) is 5.90. The van der Waals surface area contributed by atoms with Gasteiger partial charge in [-0.2, -0.15) is 0 Å². The third kappa shape index (κ3) is 3.64. The maximum absolute atomic E-state index is 13.3. The van der Waals surface area contributed by atoms with Gasteiger partial charge in [0, 0.05) is 18.2 Å². The fraction of sp³-hybridized carbons (Fsp3) is 0.308. The summed E-state index contributed by atoms with van der Waals surface area (Å²) in [7, 11) is 1.54. The highest BCUT2D eigenvalue weighted by Gasteiger charge is 2.10. The van der Waals surface area contributed by atoms with Crippen molar-refractivity contribution in [3.63, 3.8) is 0 Å². The minimum Gasteiger partial charge on any atom is -0.481 e. The van der Waals surface area contributed by atoms with Crippen LogP contribution in [0.2, 0.25) is 0 Å². The average Bonchev–Trinajstić information content (AvgIpc) is 2.39. The van der Waals surface area contributed by atoms with Crippen LogP contribution in [0.4, 0.5) is 4.39 Å². The van der Waals surface area contributed by atoms with Crippen molar-refractivity contribution in [3.8, 4) is 0 Å². The molecule has 20 heavy (non-hydrogen) atoms. The van der Waals surface area contributed by atoms with Crippen LogP contribution in [-0.4, -0.2) is 33.9 Å². The van der Waals surface area contributed by atoms with Crippen LogP contribution in [0.25, 0.3) is 10.9 Å². The Morgan fingerprint density at radius 3 is 2.95 bits per heavy atom. The first-order valence-corrected chi connectivity index (χ1v) is 6.88. The maximum Gasteiger partial charge on any atom is 0.304 e. The zero-order valence-electron chi connectivity index (χ0n) is 10.8. The number of nitrogens with zero attached hydrogens (tertiary/aromatic N) is 2. The number of hydrogen-bond donors (Lipinski definition) is 1. The van der Waals surface area contributed by atoms with E-state index in [0.717, 1.165) is 0 Å². The summed E-state index contributed by atoms with van der Waals surface area (Å²) in [4.78, 5) is 19.1. The number of fused-ring (bicyclic) bond motifs is 1. The van der Waals surface area contributed by atoms with Crippen LogP contribution in [0.5, 0.6) is 0 Å². The summed E-state index contributed by atoms with van der Waals surface area (Å²) in [6, 6.07) is 4.26. The second kappa shape index (κ2) is 6.62. The number of thioether (sulfide) groups is 1. The lowest BCUT2D eigenvalue weighted by Crippen LogP contribution is -2.01. The van der Waals surface area contributed by atoms with E-state index < -0.39 is 5.97 Å². The first kappa shape index (κ1) is 14.7. The number of carboxylic acid groups (broad SMARTS) is 1. The molecule has 0 aliphatic rings. The third-order valence-corrected chi connectivity index (χ3v) is 3.49. The third-order valence-electron chi connectivity index (χ3n) is 2.50. The molecule has 2 aromatic rings. The molecule has 0 radical (unpaired) electrons. The molecule has 0 fully saturated rings. The van der Waals surface area contributed by atoms with Gasteiger partial charge in [0.15, 0.2) is 5.82 Å². The van der Waals surface area contributed by atoms with Gasteiger partial charge in [0.2, 0.25) is 0 Å². The number of rotatable bonds is 6. The van der Waals surface area contributed by atoms with Crippen molar-refractivity contribution in [2.45, 2.75) is 18.1 Å². The molecule has 0 atom stereocenters. The number of benzene rings is 1. The van der Waals surface area contributed by atoms with Crippen LogP contribution in [-0.2, 0) is 16.1 Å². The molecule has 1 aromatic heterocycles. The molecule has 2 rings (SSSR count). The highest BCUT2D eigenvalue weighted by Crippen LogP contribution is 2.26. The summed E-state index contributed by atoms with van der Waals surface area (Å²) < 4.78 is 18.3. The molecule has 7 heteroatoms. The number of ether oxygens (including phenoxy) is 1. The van der Waals surface area contributed by atoms with Gasteiger partial charge in [0.25, 0.3) is 0 Å². The zero-order chi connectivity index (χ0) is 14.5. The van der Waals surface area contributed by atoms with E-state index in [2.05, 4.69) is 9.97 Å². The maximum atomic E-state index is 13.3. The van der Waals surface area contributed by atoms with Crippen LogP contribution < -0.4 is 0 Å². The van der Waals surface area contributed by atoms with E-state index in [4.69, 9.17) is 9.84 Å². The summed E-state index contributed by atoms with van der Waals surface area (Å²) in [6.45, 7) is 0.250. The van der Waals surface area contributed by atoms with E-state index in [0.29, 0.717) is 27.5 Å². The highest BCUT2D eigenvalue weighted by molar-refractivity contribution is 7.99. The monoisotopic (exact) mass is 296 g/mol. The second-order valence-corrected chi connectivity index (χ2v) is 5.12. The first-order chi connectivity index (χ1) is 9.60. The Labute approximate surface area is 119 Å². The molecule has 5 nitrogen and oxygen atoms in total. The van der Waals surface area contributed by atoms with Gasteiger partial charge in [-0.1, -0.05) is 0 Å². The molecule has 0 aliphatic heterocycles. The van der Waals surface area contributed by atoms with Gasteiger partial charge >= 0.3 is 5.97 Å². The van der Waals surface area contributed by atoms with Crippen molar-refractivity contribution >= 4 is 28.6 Å². The van der Waals surface area contributed by atoms with Crippen LogP contribution >= 0.6 is 11.8 Å². The van der Waals surface area contributed by atoms with Crippen LogP contribution in [0.15, 0.2) is 23.2 Å². The number of hydrogen-bond acceptors (Lipinski definition) is 5. The van der Waals surface area contributed by atoms with Crippen molar-refractivity contribution in [2.75, 3.05) is 12.9 Å². The Morgan fingerprint density at radius 2 is 2.25 bits per heavy atom. The highest BCUT2D eigenvalue weighted by atomic mass is 32.2. The molecular weight excluding hydrogens is 283 g/mol. The van der Waals surface area contributed by atoms with Crippen molar-refractivity contribution < 1.29 is 19.0 Å². The van der Waals surface area contributed by atoms with Gasteiger partial charge in [0.05, 0.1) is 11.9 Å². The van der Waals surface area contributed by atoms with Crippen molar-refractivity contribution in [3.05, 3.63) is 29.8 Å². The SMILES string of the molecule is COCc1nc(SCCC(=O)O)c2cc(F)ccc2n1. The predicted molar refractivity (Wildman–Crippen MR) is 73.2 cm³/mol. The topological polar surface area (TPSA) is 72.3 Å². The summed E-state index contributed by atoms with van der Waals surface area (Å²) in [5.74, 6) is -0.394. The van der Waals surface area contributed by atoms with Gasteiger partial charge in [-0.3, -0.25) is 4.79 Å². The summed E-state index contributed by atoms with van der Waals surface area (Å²) in [5.41, 5.74) is 0.617. The fourth-order valence-electron chi connectivity index (χ4n) is 1.66. The van der Waals surface area contributed by atoms with Crippen LogP contribution in [0.3, 0.4) is 0 Å². The molecule has 0 unspecified atom stereocenters. The molecule has 1 N–H and O–H groups in total. The standard InChI is InChI=1S/C13H13FN2O3S/c1-19-7-11-15-10-3-2-8(14)6-9(10)13(16-11)20-5-4-12(17)18/h2-3,6H,4-5,7H2,1H3,(H,17,18). The van der Waals surface area contributed by atoms with E-state index in [1.165, 1.54) is 31.0 Å². The number of carbonyl (C=O) groups is 1. The minimum absolute atomic E-state index is 0.0189.